The molecule has 0 aliphatic rings. The van der Waals surface area contributed by atoms with Gasteiger partial charge < -0.3 is 10.4 Å². The third-order valence-electron chi connectivity index (χ3n) is 3.11. The number of halogens is 2. The molecule has 0 heterocycles. The number of rotatable bonds is 6. The van der Waals surface area contributed by atoms with Gasteiger partial charge in [0, 0.05) is 24.9 Å². The molecule has 0 bridgehead atoms. The zero-order valence-electron chi connectivity index (χ0n) is 12.3. The SMILES string of the molecule is O=C(NCCCN=Cc1ccccc1O)c1c(F)cccc1F. The average molecular weight is 318 g/mol. The summed E-state index contributed by atoms with van der Waals surface area (Å²) in [5.74, 6) is -2.43. The molecule has 0 fully saturated rings. The molecule has 23 heavy (non-hydrogen) atoms. The molecule has 2 N–H and O–H groups in total. The summed E-state index contributed by atoms with van der Waals surface area (Å²) < 4.78 is 26.8. The highest BCUT2D eigenvalue weighted by Gasteiger charge is 2.15. The molecule has 0 unspecified atom stereocenters. The first-order chi connectivity index (χ1) is 11.1. The summed E-state index contributed by atoms with van der Waals surface area (Å²) in [7, 11) is 0. The Morgan fingerprint density at radius 2 is 1.83 bits per heavy atom. The van der Waals surface area contributed by atoms with Crippen LogP contribution < -0.4 is 5.32 Å². The number of nitrogens with zero attached hydrogens (tertiary/aromatic N) is 1. The fourth-order valence-corrected chi connectivity index (χ4v) is 1.93. The fraction of sp³-hybridized carbons (Fsp3) is 0.176. The fourth-order valence-electron chi connectivity index (χ4n) is 1.93. The standard InChI is InChI=1S/C17H16F2N2O2/c18-13-6-3-7-14(19)16(13)17(23)21-10-4-9-20-11-12-5-1-2-8-15(12)22/h1-3,5-8,11,22H,4,9-10H2,(H,21,23). The van der Waals surface area contributed by atoms with Gasteiger partial charge in [-0.15, -0.1) is 0 Å². The Kier molecular flexibility index (Phi) is 5.80. The Bertz CT molecular complexity index is 697. The van der Waals surface area contributed by atoms with E-state index in [2.05, 4.69) is 10.3 Å². The molecular formula is C17H16F2N2O2. The van der Waals surface area contributed by atoms with Gasteiger partial charge in [-0.1, -0.05) is 18.2 Å². The lowest BCUT2D eigenvalue weighted by atomic mass is 10.2. The summed E-state index contributed by atoms with van der Waals surface area (Å²) in [6.07, 6.45) is 2.04. The van der Waals surface area contributed by atoms with Crippen molar-refractivity contribution in [3.63, 3.8) is 0 Å². The molecule has 0 atom stereocenters. The van der Waals surface area contributed by atoms with Gasteiger partial charge in [-0.3, -0.25) is 9.79 Å². The molecule has 0 spiro atoms. The van der Waals surface area contributed by atoms with Gasteiger partial charge in [0.1, 0.15) is 22.9 Å². The third kappa shape index (κ3) is 4.60. The highest BCUT2D eigenvalue weighted by atomic mass is 19.1. The molecular weight excluding hydrogens is 302 g/mol. The van der Waals surface area contributed by atoms with Gasteiger partial charge in [-0.05, 0) is 30.7 Å². The molecule has 2 aromatic rings. The van der Waals surface area contributed by atoms with Crippen LogP contribution in [-0.4, -0.2) is 30.3 Å². The van der Waals surface area contributed by atoms with Crippen molar-refractivity contribution in [1.82, 2.24) is 5.32 Å². The number of hydrogen-bond donors (Lipinski definition) is 2. The second-order valence-corrected chi connectivity index (χ2v) is 4.80. The molecule has 0 aromatic heterocycles. The quantitative estimate of drug-likeness (QED) is 0.635. The number of aromatic hydroxyl groups is 1. The number of aliphatic imine (C=N–C) groups is 1. The van der Waals surface area contributed by atoms with Crippen molar-refractivity contribution in [1.29, 1.82) is 0 Å². The average Bonchev–Trinajstić information content (AvgIpc) is 2.52. The Hall–Kier alpha value is -2.76. The number of carbonyl (C=O) groups is 1. The van der Waals surface area contributed by atoms with E-state index in [1.807, 2.05) is 0 Å². The van der Waals surface area contributed by atoms with Gasteiger partial charge in [-0.25, -0.2) is 8.78 Å². The highest BCUT2D eigenvalue weighted by Crippen LogP contribution is 2.13. The maximum absolute atomic E-state index is 13.4. The van der Waals surface area contributed by atoms with Gasteiger partial charge in [0.25, 0.3) is 5.91 Å². The van der Waals surface area contributed by atoms with Crippen LogP contribution in [0.2, 0.25) is 0 Å². The summed E-state index contributed by atoms with van der Waals surface area (Å²) in [6, 6.07) is 10.1. The van der Waals surface area contributed by atoms with Gasteiger partial charge in [0.15, 0.2) is 0 Å². The molecule has 1 amide bonds. The molecule has 0 radical (unpaired) electrons. The zero-order valence-corrected chi connectivity index (χ0v) is 12.3. The van der Waals surface area contributed by atoms with Gasteiger partial charge in [0.2, 0.25) is 0 Å². The minimum Gasteiger partial charge on any atom is -0.507 e. The van der Waals surface area contributed by atoms with E-state index in [4.69, 9.17) is 0 Å². The number of phenols is 1. The minimum absolute atomic E-state index is 0.139. The number of nitrogens with one attached hydrogen (secondary N) is 1. The monoisotopic (exact) mass is 318 g/mol. The molecule has 2 rings (SSSR count). The number of benzene rings is 2. The molecule has 0 aliphatic carbocycles. The van der Waals surface area contributed by atoms with E-state index in [9.17, 15) is 18.7 Å². The van der Waals surface area contributed by atoms with E-state index in [-0.39, 0.29) is 12.3 Å². The molecule has 6 heteroatoms. The molecule has 0 saturated heterocycles. The van der Waals surface area contributed by atoms with E-state index in [1.165, 1.54) is 12.3 Å². The Labute approximate surface area is 132 Å². The number of hydrogen-bond acceptors (Lipinski definition) is 3. The largest absolute Gasteiger partial charge is 0.507 e. The lowest BCUT2D eigenvalue weighted by molar-refractivity contribution is 0.0945. The second kappa shape index (κ2) is 8.03. The maximum atomic E-state index is 13.4. The number of amides is 1. The van der Waals surface area contributed by atoms with Crippen molar-refractivity contribution in [3.8, 4) is 5.75 Å². The third-order valence-corrected chi connectivity index (χ3v) is 3.11. The minimum atomic E-state index is -0.889. The smallest absolute Gasteiger partial charge is 0.257 e. The van der Waals surface area contributed by atoms with Crippen molar-refractivity contribution in [3.05, 3.63) is 65.2 Å². The van der Waals surface area contributed by atoms with Crippen molar-refractivity contribution >= 4 is 12.1 Å². The van der Waals surface area contributed by atoms with Crippen molar-refractivity contribution in [2.45, 2.75) is 6.42 Å². The van der Waals surface area contributed by atoms with Gasteiger partial charge in [-0.2, -0.15) is 0 Å². The molecule has 4 nitrogen and oxygen atoms in total. The number of carbonyl (C=O) groups excluding carboxylic acids is 1. The molecule has 0 saturated carbocycles. The van der Waals surface area contributed by atoms with Crippen molar-refractivity contribution in [2.75, 3.05) is 13.1 Å². The van der Waals surface area contributed by atoms with Crippen LogP contribution in [0.15, 0.2) is 47.5 Å². The normalized spacial score (nSPS) is 10.9. The lowest BCUT2D eigenvalue weighted by Crippen LogP contribution is -2.26. The number of para-hydroxylation sites is 1. The lowest BCUT2D eigenvalue weighted by Gasteiger charge is -2.06. The maximum Gasteiger partial charge on any atom is 0.257 e. The van der Waals surface area contributed by atoms with E-state index in [0.29, 0.717) is 18.5 Å². The Balaban J connectivity index is 1.78. The van der Waals surface area contributed by atoms with Crippen LogP contribution in [0.4, 0.5) is 8.78 Å². The van der Waals surface area contributed by atoms with E-state index >= 15 is 0 Å². The molecule has 120 valence electrons. The van der Waals surface area contributed by atoms with Crippen LogP contribution in [0.5, 0.6) is 5.75 Å². The van der Waals surface area contributed by atoms with Crippen LogP contribution in [0.1, 0.15) is 22.3 Å². The van der Waals surface area contributed by atoms with Crippen LogP contribution in [0, 0.1) is 11.6 Å². The topological polar surface area (TPSA) is 61.7 Å². The summed E-state index contributed by atoms with van der Waals surface area (Å²) in [6.45, 7) is 0.652. The van der Waals surface area contributed by atoms with Crippen LogP contribution in [0.25, 0.3) is 0 Å². The van der Waals surface area contributed by atoms with Crippen LogP contribution in [0.3, 0.4) is 0 Å². The summed E-state index contributed by atoms with van der Waals surface area (Å²) in [5, 5.41) is 12.0. The van der Waals surface area contributed by atoms with E-state index in [1.54, 1.807) is 24.3 Å². The summed E-state index contributed by atoms with van der Waals surface area (Å²) in [5.41, 5.74) is 0.0233. The van der Waals surface area contributed by atoms with E-state index < -0.39 is 23.1 Å². The predicted molar refractivity (Wildman–Crippen MR) is 83.9 cm³/mol. The first-order valence-corrected chi connectivity index (χ1v) is 7.09. The predicted octanol–water partition coefficient (Wildman–Crippen LogP) is 2.91. The molecule has 0 aliphatic heterocycles. The first kappa shape index (κ1) is 16.6. The second-order valence-electron chi connectivity index (χ2n) is 4.80. The van der Waals surface area contributed by atoms with Crippen molar-refractivity contribution < 1.29 is 18.7 Å². The van der Waals surface area contributed by atoms with Gasteiger partial charge >= 0.3 is 0 Å². The summed E-state index contributed by atoms with van der Waals surface area (Å²) >= 11 is 0. The first-order valence-electron chi connectivity index (χ1n) is 7.09. The zero-order chi connectivity index (χ0) is 16.7. The highest BCUT2D eigenvalue weighted by molar-refractivity contribution is 5.94. The van der Waals surface area contributed by atoms with Gasteiger partial charge in [0.05, 0.1) is 0 Å². The molecule has 2 aromatic carbocycles. The van der Waals surface area contributed by atoms with Crippen molar-refractivity contribution in [2.24, 2.45) is 4.99 Å². The van der Waals surface area contributed by atoms with Crippen LogP contribution in [-0.2, 0) is 0 Å². The Morgan fingerprint density at radius 1 is 1.13 bits per heavy atom. The summed E-state index contributed by atoms with van der Waals surface area (Å²) in [4.78, 5) is 15.8. The van der Waals surface area contributed by atoms with Crippen LogP contribution >= 0.6 is 0 Å². The Morgan fingerprint density at radius 3 is 2.52 bits per heavy atom. The number of phenolic OH excluding ortho intramolecular Hbond substituents is 1. The van der Waals surface area contributed by atoms with E-state index in [0.717, 1.165) is 12.1 Å².